The summed E-state index contributed by atoms with van der Waals surface area (Å²) >= 11 is 0. The summed E-state index contributed by atoms with van der Waals surface area (Å²) in [7, 11) is 0. The van der Waals surface area contributed by atoms with Crippen LogP contribution in [0.5, 0.6) is 0 Å². The fraction of sp³-hybridized carbons (Fsp3) is 0.545. The van der Waals surface area contributed by atoms with Crippen LogP contribution in [0.1, 0.15) is 18.6 Å². The lowest BCUT2D eigenvalue weighted by atomic mass is 10.2. The van der Waals surface area contributed by atoms with E-state index in [9.17, 15) is 22.4 Å². The summed E-state index contributed by atoms with van der Waals surface area (Å²) in [6.45, 7) is -0.210. The number of halogens is 4. The molecule has 1 aromatic heterocycles. The summed E-state index contributed by atoms with van der Waals surface area (Å²) in [5.74, 6) is -6.19. The summed E-state index contributed by atoms with van der Waals surface area (Å²) in [6.07, 6.45) is -1.57. The molecule has 0 aliphatic heterocycles. The molecule has 0 radical (unpaired) electrons. The van der Waals surface area contributed by atoms with E-state index in [1.165, 1.54) is 18.4 Å². The Bertz CT molecular complexity index is 415. The predicted octanol–water partition coefficient (Wildman–Crippen LogP) is 2.67. The molecule has 3 nitrogen and oxygen atoms in total. The molecule has 18 heavy (non-hydrogen) atoms. The fourth-order valence-corrected chi connectivity index (χ4v) is 1.61. The average Bonchev–Trinajstić information content (AvgIpc) is 3.02. The first kappa shape index (κ1) is 12.9. The molecule has 0 aromatic carbocycles. The molecule has 0 bridgehead atoms. The van der Waals surface area contributed by atoms with Gasteiger partial charge >= 0.3 is 12.3 Å². The minimum Gasteiger partial charge on any atom is -0.467 e. The third-order valence-corrected chi connectivity index (χ3v) is 2.71. The molecule has 7 heteroatoms. The Kier molecular flexibility index (Phi) is 3.32. The van der Waals surface area contributed by atoms with Crippen molar-refractivity contribution in [3.05, 3.63) is 24.2 Å². The third-order valence-electron chi connectivity index (χ3n) is 2.71. The standard InChI is InChI=1S/C11H11F4NO2/c12-9(13)11(14,15)10(17)16(7-3-4-7)6-8-2-1-5-18-8/h1-2,5,7,9H,3-4,6H2. The number of carbonyl (C=O) groups is 1. The summed E-state index contributed by atoms with van der Waals surface area (Å²) < 4.78 is 55.3. The molecule has 0 N–H and O–H groups in total. The molecule has 0 spiro atoms. The largest absolute Gasteiger partial charge is 0.467 e. The van der Waals surface area contributed by atoms with E-state index >= 15 is 0 Å². The van der Waals surface area contributed by atoms with Crippen molar-refractivity contribution in [1.82, 2.24) is 4.90 Å². The topological polar surface area (TPSA) is 33.5 Å². The molecule has 1 heterocycles. The van der Waals surface area contributed by atoms with Crippen LogP contribution in [0.3, 0.4) is 0 Å². The van der Waals surface area contributed by atoms with E-state index in [0.29, 0.717) is 18.6 Å². The second-order valence-electron chi connectivity index (χ2n) is 4.17. The van der Waals surface area contributed by atoms with Crippen LogP contribution in [0.15, 0.2) is 22.8 Å². The van der Waals surface area contributed by atoms with Gasteiger partial charge in [0.2, 0.25) is 0 Å². The van der Waals surface area contributed by atoms with Gasteiger partial charge in [-0.25, -0.2) is 8.78 Å². The first-order chi connectivity index (χ1) is 8.43. The van der Waals surface area contributed by atoms with Gasteiger partial charge in [-0.15, -0.1) is 0 Å². The van der Waals surface area contributed by atoms with Gasteiger partial charge in [0.25, 0.3) is 5.91 Å². The lowest BCUT2D eigenvalue weighted by Crippen LogP contribution is -2.48. The zero-order valence-corrected chi connectivity index (χ0v) is 9.28. The Morgan fingerprint density at radius 3 is 2.61 bits per heavy atom. The molecule has 2 rings (SSSR count). The highest BCUT2D eigenvalue weighted by molar-refractivity contribution is 5.84. The number of hydrogen-bond acceptors (Lipinski definition) is 2. The SMILES string of the molecule is O=C(N(Cc1ccco1)C1CC1)C(F)(F)C(F)F. The first-order valence-electron chi connectivity index (χ1n) is 5.42. The van der Waals surface area contributed by atoms with E-state index in [1.54, 1.807) is 0 Å². The van der Waals surface area contributed by atoms with E-state index in [1.807, 2.05) is 0 Å². The average molecular weight is 265 g/mol. The van der Waals surface area contributed by atoms with E-state index in [-0.39, 0.29) is 6.54 Å². The van der Waals surface area contributed by atoms with Crippen LogP contribution < -0.4 is 0 Å². The van der Waals surface area contributed by atoms with Crippen LogP contribution in [0, 0.1) is 0 Å². The van der Waals surface area contributed by atoms with Gasteiger partial charge in [-0.3, -0.25) is 4.79 Å². The van der Waals surface area contributed by atoms with Crippen molar-refractivity contribution in [3.63, 3.8) is 0 Å². The first-order valence-corrected chi connectivity index (χ1v) is 5.42. The number of amides is 1. The minimum absolute atomic E-state index is 0.210. The highest BCUT2D eigenvalue weighted by Gasteiger charge is 2.53. The predicted molar refractivity (Wildman–Crippen MR) is 53.2 cm³/mol. The number of alkyl halides is 4. The lowest BCUT2D eigenvalue weighted by molar-refractivity contribution is -0.182. The molecular formula is C11H11F4NO2. The summed E-state index contributed by atoms with van der Waals surface area (Å²) in [5.41, 5.74) is 0. The number of carbonyl (C=O) groups excluding carboxylic acids is 1. The molecule has 0 unspecified atom stereocenters. The van der Waals surface area contributed by atoms with E-state index < -0.39 is 24.3 Å². The third kappa shape index (κ3) is 2.49. The lowest BCUT2D eigenvalue weighted by Gasteiger charge is -2.25. The van der Waals surface area contributed by atoms with Gasteiger partial charge in [0.1, 0.15) is 5.76 Å². The van der Waals surface area contributed by atoms with Gasteiger partial charge in [0.15, 0.2) is 0 Å². The molecule has 1 amide bonds. The molecule has 1 aliphatic rings. The zero-order chi connectivity index (χ0) is 13.3. The Labute approximate surface area is 100 Å². The maximum Gasteiger partial charge on any atom is 0.383 e. The summed E-state index contributed by atoms with van der Waals surface area (Å²) in [4.78, 5) is 12.2. The Morgan fingerprint density at radius 2 is 2.17 bits per heavy atom. The highest BCUT2D eigenvalue weighted by Crippen LogP contribution is 2.34. The molecule has 0 atom stereocenters. The van der Waals surface area contributed by atoms with Gasteiger partial charge in [-0.1, -0.05) is 0 Å². The molecule has 1 aliphatic carbocycles. The fourth-order valence-electron chi connectivity index (χ4n) is 1.61. The second-order valence-corrected chi connectivity index (χ2v) is 4.17. The van der Waals surface area contributed by atoms with Crippen molar-refractivity contribution < 1.29 is 26.8 Å². The van der Waals surface area contributed by atoms with Crippen LogP contribution in [0.25, 0.3) is 0 Å². The summed E-state index contributed by atoms with van der Waals surface area (Å²) in [5, 5.41) is 0. The van der Waals surface area contributed by atoms with Crippen molar-refractivity contribution in [2.24, 2.45) is 0 Å². The molecule has 100 valence electrons. The van der Waals surface area contributed by atoms with E-state index in [2.05, 4.69) is 0 Å². The Morgan fingerprint density at radius 1 is 1.50 bits per heavy atom. The molecule has 1 saturated carbocycles. The molecule has 1 aromatic rings. The van der Waals surface area contributed by atoms with Crippen molar-refractivity contribution in [3.8, 4) is 0 Å². The van der Waals surface area contributed by atoms with Crippen molar-refractivity contribution in [1.29, 1.82) is 0 Å². The van der Waals surface area contributed by atoms with Crippen LogP contribution in [0.4, 0.5) is 17.6 Å². The van der Waals surface area contributed by atoms with Crippen molar-refractivity contribution in [2.75, 3.05) is 0 Å². The minimum atomic E-state index is -4.64. The number of rotatable bonds is 5. The van der Waals surface area contributed by atoms with Gasteiger partial charge in [-0.05, 0) is 25.0 Å². The van der Waals surface area contributed by atoms with E-state index in [4.69, 9.17) is 4.42 Å². The maximum absolute atomic E-state index is 13.0. The van der Waals surface area contributed by atoms with E-state index in [0.717, 1.165) is 4.90 Å². The zero-order valence-electron chi connectivity index (χ0n) is 9.28. The van der Waals surface area contributed by atoms with Gasteiger partial charge < -0.3 is 9.32 Å². The van der Waals surface area contributed by atoms with Crippen LogP contribution in [0.2, 0.25) is 0 Å². The van der Waals surface area contributed by atoms with Gasteiger partial charge in [0, 0.05) is 6.04 Å². The second kappa shape index (κ2) is 4.62. The van der Waals surface area contributed by atoms with Crippen LogP contribution >= 0.6 is 0 Å². The highest BCUT2D eigenvalue weighted by atomic mass is 19.3. The molecule has 1 fully saturated rings. The normalized spacial score (nSPS) is 16.1. The molecular weight excluding hydrogens is 254 g/mol. The van der Waals surface area contributed by atoms with Crippen molar-refractivity contribution in [2.45, 2.75) is 37.8 Å². The maximum atomic E-state index is 13.0. The molecule has 0 saturated heterocycles. The number of hydrogen-bond donors (Lipinski definition) is 0. The summed E-state index contributed by atoms with van der Waals surface area (Å²) in [6, 6.07) is 2.64. The van der Waals surface area contributed by atoms with Crippen LogP contribution in [-0.4, -0.2) is 29.2 Å². The van der Waals surface area contributed by atoms with Gasteiger partial charge in [-0.2, -0.15) is 8.78 Å². The van der Waals surface area contributed by atoms with Crippen LogP contribution in [-0.2, 0) is 11.3 Å². The van der Waals surface area contributed by atoms with Gasteiger partial charge in [0.05, 0.1) is 12.8 Å². The number of furan rings is 1. The quantitative estimate of drug-likeness (QED) is 0.767. The Balaban J connectivity index is 2.13. The van der Waals surface area contributed by atoms with Crippen molar-refractivity contribution >= 4 is 5.91 Å². The monoisotopic (exact) mass is 265 g/mol. The smallest absolute Gasteiger partial charge is 0.383 e. The number of nitrogens with zero attached hydrogens (tertiary/aromatic N) is 1. The Hall–Kier alpha value is -1.53.